The molecule has 3 nitrogen and oxygen atoms in total. The maximum Gasteiger partial charge on any atom is 0.253 e. The SMILES string of the molecule is O=C(CSc1ccc(Cl)cc1)N1N=C(c2ccc(Br)cc2)CC1c1ccc(F)cc1. The number of carbonyl (C=O) groups excluding carboxylic acids is 1. The highest BCUT2D eigenvalue weighted by atomic mass is 79.9. The van der Waals surface area contributed by atoms with Gasteiger partial charge in [-0.1, -0.05) is 51.8 Å². The van der Waals surface area contributed by atoms with Gasteiger partial charge in [-0.15, -0.1) is 11.8 Å². The first kappa shape index (κ1) is 21.1. The Kier molecular flexibility index (Phi) is 6.56. The Bertz CT molecular complexity index is 1070. The Morgan fingerprint density at radius 3 is 2.40 bits per heavy atom. The molecule has 152 valence electrons. The summed E-state index contributed by atoms with van der Waals surface area (Å²) in [7, 11) is 0. The molecule has 4 rings (SSSR count). The minimum atomic E-state index is -0.304. The van der Waals surface area contributed by atoms with Gasteiger partial charge >= 0.3 is 0 Å². The zero-order valence-corrected chi connectivity index (χ0v) is 18.9. The summed E-state index contributed by atoms with van der Waals surface area (Å²) in [5, 5.41) is 6.84. The average molecular weight is 504 g/mol. The van der Waals surface area contributed by atoms with Crippen molar-refractivity contribution in [1.29, 1.82) is 0 Å². The van der Waals surface area contributed by atoms with E-state index in [-0.39, 0.29) is 23.5 Å². The van der Waals surface area contributed by atoms with Crippen molar-refractivity contribution in [3.8, 4) is 0 Å². The molecule has 0 fully saturated rings. The van der Waals surface area contributed by atoms with Crippen LogP contribution in [0.5, 0.6) is 0 Å². The molecule has 1 unspecified atom stereocenters. The van der Waals surface area contributed by atoms with Crippen LogP contribution in [0, 0.1) is 5.82 Å². The minimum absolute atomic E-state index is 0.101. The van der Waals surface area contributed by atoms with Gasteiger partial charge in [0, 0.05) is 20.8 Å². The van der Waals surface area contributed by atoms with Crippen LogP contribution in [0.2, 0.25) is 5.02 Å². The summed E-state index contributed by atoms with van der Waals surface area (Å²) in [5.74, 6) is -0.158. The van der Waals surface area contributed by atoms with Crippen molar-refractivity contribution in [2.45, 2.75) is 17.4 Å². The van der Waals surface area contributed by atoms with Crippen molar-refractivity contribution >= 4 is 50.9 Å². The lowest BCUT2D eigenvalue weighted by Gasteiger charge is -2.22. The second kappa shape index (κ2) is 9.33. The highest BCUT2D eigenvalue weighted by Crippen LogP contribution is 2.34. The number of benzene rings is 3. The van der Waals surface area contributed by atoms with E-state index in [2.05, 4.69) is 21.0 Å². The van der Waals surface area contributed by atoms with E-state index in [1.54, 1.807) is 24.3 Å². The molecule has 0 saturated heterocycles. The molecule has 0 aliphatic carbocycles. The molecule has 0 spiro atoms. The van der Waals surface area contributed by atoms with Crippen molar-refractivity contribution in [3.63, 3.8) is 0 Å². The Labute approximate surface area is 192 Å². The quantitative estimate of drug-likeness (QED) is 0.362. The molecule has 7 heteroatoms. The Balaban J connectivity index is 1.57. The van der Waals surface area contributed by atoms with Gasteiger partial charge in [0.2, 0.25) is 0 Å². The lowest BCUT2D eigenvalue weighted by atomic mass is 9.98. The van der Waals surface area contributed by atoms with Crippen molar-refractivity contribution in [2.75, 3.05) is 5.75 Å². The predicted molar refractivity (Wildman–Crippen MR) is 123 cm³/mol. The molecule has 30 heavy (non-hydrogen) atoms. The van der Waals surface area contributed by atoms with Crippen LogP contribution in [0.25, 0.3) is 0 Å². The van der Waals surface area contributed by atoms with Gasteiger partial charge in [0.25, 0.3) is 5.91 Å². The average Bonchev–Trinajstić information content (AvgIpc) is 3.20. The molecule has 1 atom stereocenters. The van der Waals surface area contributed by atoms with Crippen LogP contribution >= 0.6 is 39.3 Å². The number of hydrogen-bond donors (Lipinski definition) is 0. The number of nitrogens with zero attached hydrogens (tertiary/aromatic N) is 2. The molecule has 1 aliphatic heterocycles. The van der Waals surface area contributed by atoms with Gasteiger partial charge in [0.15, 0.2) is 0 Å². The molecule has 3 aromatic carbocycles. The highest BCUT2D eigenvalue weighted by Gasteiger charge is 2.33. The second-order valence-corrected chi connectivity index (χ2v) is 9.21. The van der Waals surface area contributed by atoms with E-state index in [1.165, 1.54) is 28.9 Å². The Morgan fingerprint density at radius 2 is 1.73 bits per heavy atom. The molecule has 0 N–H and O–H groups in total. The molecule has 3 aromatic rings. The fraction of sp³-hybridized carbons (Fsp3) is 0.130. The standard InChI is InChI=1S/C23H17BrClFN2OS/c24-17-5-1-15(2-6-17)21-13-22(16-3-9-19(26)10-4-16)28(27-21)23(29)14-30-20-11-7-18(25)8-12-20/h1-12,22H,13-14H2. The molecule has 0 aromatic heterocycles. The van der Waals surface area contributed by atoms with Gasteiger partial charge in [0.05, 0.1) is 17.5 Å². The molecular formula is C23H17BrClFN2OS. The Hall–Kier alpha value is -2.15. The fourth-order valence-electron chi connectivity index (χ4n) is 3.24. The third-order valence-corrected chi connectivity index (χ3v) is 6.55. The van der Waals surface area contributed by atoms with Gasteiger partial charge in [-0.05, 0) is 59.7 Å². The predicted octanol–water partition coefficient (Wildman–Crippen LogP) is 6.71. The number of carbonyl (C=O) groups is 1. The number of thioether (sulfide) groups is 1. The molecule has 1 aliphatic rings. The normalized spacial score (nSPS) is 15.9. The van der Waals surface area contributed by atoms with Crippen molar-refractivity contribution in [2.24, 2.45) is 5.10 Å². The zero-order chi connectivity index (χ0) is 21.1. The van der Waals surface area contributed by atoms with Gasteiger partial charge in [-0.2, -0.15) is 5.10 Å². The van der Waals surface area contributed by atoms with Crippen LogP contribution in [-0.2, 0) is 4.79 Å². The van der Waals surface area contributed by atoms with Gasteiger partial charge in [-0.25, -0.2) is 9.40 Å². The van der Waals surface area contributed by atoms with Crippen LogP contribution < -0.4 is 0 Å². The van der Waals surface area contributed by atoms with Gasteiger partial charge in [-0.3, -0.25) is 4.79 Å². The van der Waals surface area contributed by atoms with E-state index in [9.17, 15) is 9.18 Å². The van der Waals surface area contributed by atoms with Crippen LogP contribution in [0.3, 0.4) is 0 Å². The summed E-state index contributed by atoms with van der Waals surface area (Å²) < 4.78 is 14.4. The highest BCUT2D eigenvalue weighted by molar-refractivity contribution is 9.10. The summed E-state index contributed by atoms with van der Waals surface area (Å²) in [4.78, 5) is 14.0. The van der Waals surface area contributed by atoms with E-state index in [4.69, 9.17) is 11.6 Å². The summed E-state index contributed by atoms with van der Waals surface area (Å²) in [6, 6.07) is 21.2. The second-order valence-electron chi connectivity index (χ2n) is 6.81. The van der Waals surface area contributed by atoms with Crippen LogP contribution in [0.1, 0.15) is 23.6 Å². The van der Waals surface area contributed by atoms with Crippen molar-refractivity contribution in [3.05, 3.63) is 99.2 Å². The summed E-state index contributed by atoms with van der Waals surface area (Å²) in [6.45, 7) is 0. The zero-order valence-electron chi connectivity index (χ0n) is 15.8. The fourth-order valence-corrected chi connectivity index (χ4v) is 4.38. The maximum absolute atomic E-state index is 13.4. The number of amides is 1. The number of rotatable bonds is 5. The van der Waals surface area contributed by atoms with Gasteiger partial charge in [0.1, 0.15) is 5.82 Å². The lowest BCUT2D eigenvalue weighted by Crippen LogP contribution is -2.28. The monoisotopic (exact) mass is 502 g/mol. The van der Waals surface area contributed by atoms with E-state index >= 15 is 0 Å². The first-order chi connectivity index (χ1) is 14.5. The Morgan fingerprint density at radius 1 is 1.07 bits per heavy atom. The van der Waals surface area contributed by atoms with E-state index < -0.39 is 0 Å². The topological polar surface area (TPSA) is 32.7 Å². The molecule has 1 amide bonds. The summed E-state index contributed by atoms with van der Waals surface area (Å²) in [6.07, 6.45) is 0.574. The van der Waals surface area contributed by atoms with Crippen LogP contribution in [-0.4, -0.2) is 22.4 Å². The van der Waals surface area contributed by atoms with Crippen LogP contribution in [0.4, 0.5) is 4.39 Å². The first-order valence-corrected chi connectivity index (χ1v) is 11.4. The van der Waals surface area contributed by atoms with Crippen molar-refractivity contribution < 1.29 is 9.18 Å². The lowest BCUT2D eigenvalue weighted by molar-refractivity contribution is -0.130. The molecule has 0 saturated carbocycles. The molecule has 0 radical (unpaired) electrons. The van der Waals surface area contributed by atoms with Crippen LogP contribution in [0.15, 0.2) is 87.3 Å². The molecular weight excluding hydrogens is 487 g/mol. The number of hydrazone groups is 1. The number of halogens is 3. The maximum atomic E-state index is 13.4. The summed E-state index contributed by atoms with van der Waals surface area (Å²) in [5.41, 5.74) is 2.66. The smallest absolute Gasteiger partial charge is 0.253 e. The molecule has 1 heterocycles. The van der Waals surface area contributed by atoms with Gasteiger partial charge < -0.3 is 0 Å². The largest absolute Gasteiger partial charge is 0.272 e. The third-order valence-electron chi connectivity index (χ3n) is 4.77. The van der Waals surface area contributed by atoms with E-state index in [0.717, 1.165) is 26.2 Å². The number of hydrogen-bond acceptors (Lipinski definition) is 3. The first-order valence-electron chi connectivity index (χ1n) is 9.29. The summed E-state index contributed by atoms with van der Waals surface area (Å²) >= 11 is 10.8. The van der Waals surface area contributed by atoms with E-state index in [1.807, 2.05) is 36.4 Å². The molecule has 0 bridgehead atoms. The third kappa shape index (κ3) is 4.94. The van der Waals surface area contributed by atoms with Crippen molar-refractivity contribution in [1.82, 2.24) is 5.01 Å². The minimum Gasteiger partial charge on any atom is -0.272 e. The van der Waals surface area contributed by atoms with E-state index in [0.29, 0.717) is 11.4 Å².